The molecule has 4 aromatic rings. The van der Waals surface area contributed by atoms with Crippen molar-refractivity contribution in [3.8, 4) is 21.8 Å². The Morgan fingerprint density at radius 2 is 1.97 bits per heavy atom. The van der Waals surface area contributed by atoms with E-state index in [1.165, 1.54) is 22.7 Å². The molecule has 0 spiro atoms. The van der Waals surface area contributed by atoms with E-state index in [2.05, 4.69) is 15.5 Å². The van der Waals surface area contributed by atoms with Crippen molar-refractivity contribution in [3.63, 3.8) is 0 Å². The number of amides is 2. The highest BCUT2D eigenvalue weighted by molar-refractivity contribution is 7.17. The van der Waals surface area contributed by atoms with Crippen LogP contribution < -0.4 is 11.1 Å². The molecular formula is C21H18N4O3S2. The predicted molar refractivity (Wildman–Crippen MR) is 118 cm³/mol. The summed E-state index contributed by atoms with van der Waals surface area (Å²) >= 11 is 2.85. The van der Waals surface area contributed by atoms with Crippen molar-refractivity contribution in [2.24, 2.45) is 5.73 Å². The highest BCUT2D eigenvalue weighted by atomic mass is 32.1. The summed E-state index contributed by atoms with van der Waals surface area (Å²) in [4.78, 5) is 30.8. The molecule has 3 aromatic heterocycles. The van der Waals surface area contributed by atoms with Gasteiger partial charge in [0.2, 0.25) is 17.6 Å². The summed E-state index contributed by atoms with van der Waals surface area (Å²) in [6, 6.07) is 13.3. The quantitative estimate of drug-likeness (QED) is 0.441. The van der Waals surface area contributed by atoms with Crippen molar-refractivity contribution < 1.29 is 14.1 Å². The molecule has 0 radical (unpaired) electrons. The second-order valence-electron chi connectivity index (χ2n) is 6.50. The largest absolute Gasteiger partial charge is 0.365 e. The zero-order valence-corrected chi connectivity index (χ0v) is 17.7. The summed E-state index contributed by atoms with van der Waals surface area (Å²) < 4.78 is 5.23. The summed E-state index contributed by atoms with van der Waals surface area (Å²) in [6.45, 7) is 1.90. The lowest BCUT2D eigenvalue weighted by molar-refractivity contribution is -0.116. The van der Waals surface area contributed by atoms with Gasteiger partial charge in [0.15, 0.2) is 0 Å². The summed E-state index contributed by atoms with van der Waals surface area (Å²) in [7, 11) is 0. The van der Waals surface area contributed by atoms with Gasteiger partial charge < -0.3 is 15.6 Å². The molecule has 0 aliphatic heterocycles. The molecule has 0 aliphatic carbocycles. The molecule has 0 bridgehead atoms. The Morgan fingerprint density at radius 3 is 2.67 bits per heavy atom. The van der Waals surface area contributed by atoms with Crippen molar-refractivity contribution in [2.75, 3.05) is 5.32 Å². The van der Waals surface area contributed by atoms with Crippen molar-refractivity contribution >= 4 is 39.5 Å². The van der Waals surface area contributed by atoms with Crippen LogP contribution >= 0.6 is 22.7 Å². The third-order valence-corrected chi connectivity index (χ3v) is 6.31. The van der Waals surface area contributed by atoms with Crippen molar-refractivity contribution in [1.29, 1.82) is 0 Å². The standard InChI is InChI=1S/C21H18N4O3S2/c1-12-17(13-6-3-2-4-7-13)18(19(22)27)21(30-12)23-15(26)9-10-16-24-20(25-28-16)14-8-5-11-29-14/h2-8,11H,9-10H2,1H3,(H2,22,27)(H,23,26). The number of carbonyl (C=O) groups excluding carboxylic acids is 2. The molecule has 2 amide bonds. The van der Waals surface area contributed by atoms with Crippen LogP contribution in [-0.4, -0.2) is 22.0 Å². The Balaban J connectivity index is 1.48. The number of nitrogens with zero attached hydrogens (tertiary/aromatic N) is 2. The number of primary amides is 1. The first kappa shape index (κ1) is 20.0. The summed E-state index contributed by atoms with van der Waals surface area (Å²) in [5.41, 5.74) is 7.60. The second-order valence-corrected chi connectivity index (χ2v) is 8.68. The number of hydrogen-bond acceptors (Lipinski definition) is 7. The Kier molecular flexibility index (Phi) is 5.73. The number of nitrogens with two attached hydrogens (primary N) is 1. The smallest absolute Gasteiger partial charge is 0.252 e. The SMILES string of the molecule is Cc1sc(NC(=O)CCc2nc(-c3cccs3)no2)c(C(N)=O)c1-c1ccccc1. The van der Waals surface area contributed by atoms with Crippen LogP contribution in [0.1, 0.15) is 27.5 Å². The monoisotopic (exact) mass is 438 g/mol. The number of aryl methyl sites for hydroxylation is 2. The lowest BCUT2D eigenvalue weighted by Crippen LogP contribution is -2.17. The summed E-state index contributed by atoms with van der Waals surface area (Å²) in [5, 5.41) is 9.14. The average molecular weight is 439 g/mol. The number of anilines is 1. The zero-order valence-electron chi connectivity index (χ0n) is 16.0. The molecule has 4 rings (SSSR count). The van der Waals surface area contributed by atoms with Crippen LogP contribution in [0.3, 0.4) is 0 Å². The molecule has 0 saturated carbocycles. The van der Waals surface area contributed by atoms with Crippen LogP contribution in [0.2, 0.25) is 0 Å². The fourth-order valence-electron chi connectivity index (χ4n) is 3.09. The molecule has 9 heteroatoms. The normalized spacial score (nSPS) is 10.8. The molecule has 3 heterocycles. The first-order valence-corrected chi connectivity index (χ1v) is 10.9. The minimum absolute atomic E-state index is 0.141. The molecule has 7 nitrogen and oxygen atoms in total. The van der Waals surface area contributed by atoms with Gasteiger partial charge in [-0.1, -0.05) is 41.6 Å². The van der Waals surface area contributed by atoms with Gasteiger partial charge in [0.05, 0.1) is 10.4 Å². The van der Waals surface area contributed by atoms with Crippen LogP contribution in [0.25, 0.3) is 21.8 Å². The first-order chi connectivity index (χ1) is 14.5. The molecule has 30 heavy (non-hydrogen) atoms. The van der Waals surface area contributed by atoms with Gasteiger partial charge in [0, 0.05) is 23.3 Å². The lowest BCUT2D eigenvalue weighted by Gasteiger charge is -2.06. The number of benzene rings is 1. The molecule has 1 aromatic carbocycles. The van der Waals surface area contributed by atoms with E-state index in [-0.39, 0.29) is 12.3 Å². The third kappa shape index (κ3) is 4.17. The molecule has 0 aliphatic rings. The van der Waals surface area contributed by atoms with Gasteiger partial charge in [0.1, 0.15) is 5.00 Å². The first-order valence-electron chi connectivity index (χ1n) is 9.18. The zero-order chi connectivity index (χ0) is 21.1. The summed E-state index contributed by atoms with van der Waals surface area (Å²) in [5.74, 6) is 0.0639. The maximum Gasteiger partial charge on any atom is 0.252 e. The Labute approximate surface area is 180 Å². The topological polar surface area (TPSA) is 111 Å². The van der Waals surface area contributed by atoms with Crippen LogP contribution in [-0.2, 0) is 11.2 Å². The highest BCUT2D eigenvalue weighted by Gasteiger charge is 2.23. The van der Waals surface area contributed by atoms with Crippen molar-refractivity contribution in [3.05, 3.63) is 64.2 Å². The maximum atomic E-state index is 12.5. The number of thiophene rings is 2. The van der Waals surface area contributed by atoms with Crippen LogP contribution in [0, 0.1) is 6.92 Å². The highest BCUT2D eigenvalue weighted by Crippen LogP contribution is 2.39. The van der Waals surface area contributed by atoms with E-state index in [0.717, 1.165) is 20.9 Å². The van der Waals surface area contributed by atoms with Gasteiger partial charge in [-0.15, -0.1) is 22.7 Å². The predicted octanol–water partition coefficient (Wildman–Crippen LogP) is 4.51. The van der Waals surface area contributed by atoms with Gasteiger partial charge in [-0.2, -0.15) is 4.98 Å². The van der Waals surface area contributed by atoms with Crippen LogP contribution in [0.5, 0.6) is 0 Å². The molecule has 0 atom stereocenters. The molecule has 3 N–H and O–H groups in total. The Hall–Kier alpha value is -3.30. The fourth-order valence-corrected chi connectivity index (χ4v) is 4.84. The Bertz CT molecular complexity index is 1180. The average Bonchev–Trinajstić information content (AvgIpc) is 3.47. The molecule has 0 fully saturated rings. The van der Waals surface area contributed by atoms with E-state index < -0.39 is 5.91 Å². The van der Waals surface area contributed by atoms with Crippen molar-refractivity contribution in [2.45, 2.75) is 19.8 Å². The second kappa shape index (κ2) is 8.60. The maximum absolute atomic E-state index is 12.5. The molecule has 152 valence electrons. The third-order valence-electron chi connectivity index (χ3n) is 4.42. The van der Waals surface area contributed by atoms with Crippen LogP contribution in [0.4, 0.5) is 5.00 Å². The Morgan fingerprint density at radius 1 is 1.17 bits per heavy atom. The minimum atomic E-state index is -0.578. The van der Waals surface area contributed by atoms with Gasteiger partial charge in [-0.05, 0) is 23.9 Å². The van der Waals surface area contributed by atoms with E-state index in [1.54, 1.807) is 0 Å². The number of nitrogens with one attached hydrogen (secondary N) is 1. The minimum Gasteiger partial charge on any atom is -0.365 e. The van der Waals surface area contributed by atoms with E-state index in [0.29, 0.717) is 28.7 Å². The van der Waals surface area contributed by atoms with E-state index in [1.807, 2.05) is 54.8 Å². The van der Waals surface area contributed by atoms with Gasteiger partial charge in [0.25, 0.3) is 5.91 Å². The molecule has 0 unspecified atom stereocenters. The van der Waals surface area contributed by atoms with E-state index >= 15 is 0 Å². The van der Waals surface area contributed by atoms with Crippen LogP contribution in [0.15, 0.2) is 52.4 Å². The van der Waals surface area contributed by atoms with Gasteiger partial charge in [-0.3, -0.25) is 9.59 Å². The van der Waals surface area contributed by atoms with E-state index in [9.17, 15) is 9.59 Å². The summed E-state index contributed by atoms with van der Waals surface area (Å²) in [6.07, 6.45) is 0.438. The fraction of sp³-hybridized carbons (Fsp3) is 0.143. The number of hydrogen-bond donors (Lipinski definition) is 2. The van der Waals surface area contributed by atoms with Gasteiger partial charge in [-0.25, -0.2) is 0 Å². The molecule has 0 saturated heterocycles. The number of rotatable bonds is 7. The lowest BCUT2D eigenvalue weighted by atomic mass is 10.0. The number of aromatic nitrogens is 2. The van der Waals surface area contributed by atoms with E-state index in [4.69, 9.17) is 10.3 Å². The number of carbonyl (C=O) groups is 2. The van der Waals surface area contributed by atoms with Gasteiger partial charge >= 0.3 is 0 Å². The molecular weight excluding hydrogens is 420 g/mol. The van der Waals surface area contributed by atoms with Crippen molar-refractivity contribution in [1.82, 2.24) is 10.1 Å².